The van der Waals surface area contributed by atoms with E-state index in [0.717, 1.165) is 29.5 Å². The van der Waals surface area contributed by atoms with Crippen molar-refractivity contribution in [2.45, 2.75) is 6.92 Å². The van der Waals surface area contributed by atoms with E-state index >= 15 is 0 Å². The first kappa shape index (κ1) is 14.3. The molecule has 3 rings (SSSR count). The van der Waals surface area contributed by atoms with Gasteiger partial charge in [-0.3, -0.25) is 10.1 Å². The molecule has 0 aliphatic heterocycles. The Morgan fingerprint density at radius 3 is 2.86 bits per heavy atom. The Morgan fingerprint density at radius 1 is 1.32 bits per heavy atom. The summed E-state index contributed by atoms with van der Waals surface area (Å²) in [5, 5.41) is 7.90. The average molecular weight is 321 g/mol. The molecular formula is C14H9F2N3O2S. The third-order valence-electron chi connectivity index (χ3n) is 2.78. The Balaban J connectivity index is 1.82. The second-order valence-corrected chi connectivity index (χ2v) is 5.31. The zero-order valence-corrected chi connectivity index (χ0v) is 12.1. The number of nitrogens with zero attached hydrogens (tertiary/aromatic N) is 2. The molecular weight excluding hydrogens is 312 g/mol. The molecule has 0 aliphatic carbocycles. The first-order valence-corrected chi connectivity index (χ1v) is 7.06. The van der Waals surface area contributed by atoms with Crippen molar-refractivity contribution in [1.29, 1.82) is 0 Å². The number of hydrogen-bond donors (Lipinski definition) is 1. The van der Waals surface area contributed by atoms with E-state index in [4.69, 9.17) is 4.52 Å². The second kappa shape index (κ2) is 5.64. The van der Waals surface area contributed by atoms with Gasteiger partial charge < -0.3 is 4.52 Å². The molecule has 2 heterocycles. The molecule has 8 heteroatoms. The van der Waals surface area contributed by atoms with E-state index in [1.807, 2.05) is 0 Å². The van der Waals surface area contributed by atoms with Crippen molar-refractivity contribution in [2.24, 2.45) is 0 Å². The number of benzene rings is 1. The molecule has 1 amide bonds. The number of aromatic nitrogens is 2. The number of hydrogen-bond acceptors (Lipinski definition) is 5. The lowest BCUT2D eigenvalue weighted by atomic mass is 10.1. The highest BCUT2D eigenvalue weighted by Crippen LogP contribution is 2.27. The molecule has 0 atom stereocenters. The van der Waals surface area contributed by atoms with Gasteiger partial charge in [0.05, 0.1) is 11.4 Å². The molecule has 5 nitrogen and oxygen atoms in total. The fraction of sp³-hybridized carbons (Fsp3) is 0.0714. The molecule has 3 aromatic rings. The van der Waals surface area contributed by atoms with E-state index in [1.54, 1.807) is 6.92 Å². The standard InChI is InChI=1S/C14H9F2N3O2S/c1-7-4-12(21-19-7)13(20)18-14-17-11(6-22-14)9-5-8(15)2-3-10(9)16/h2-6H,1H3,(H,17,18,20). The number of amides is 1. The number of anilines is 1. The molecule has 0 bridgehead atoms. The molecule has 1 aromatic carbocycles. The van der Waals surface area contributed by atoms with E-state index in [-0.39, 0.29) is 22.1 Å². The highest BCUT2D eigenvalue weighted by Gasteiger charge is 2.15. The number of nitrogens with one attached hydrogen (secondary N) is 1. The van der Waals surface area contributed by atoms with Crippen molar-refractivity contribution >= 4 is 22.4 Å². The van der Waals surface area contributed by atoms with Crippen LogP contribution in [-0.2, 0) is 0 Å². The summed E-state index contributed by atoms with van der Waals surface area (Å²) in [6, 6.07) is 4.59. The maximum absolute atomic E-state index is 13.7. The van der Waals surface area contributed by atoms with Gasteiger partial charge in [-0.2, -0.15) is 0 Å². The zero-order valence-electron chi connectivity index (χ0n) is 11.3. The van der Waals surface area contributed by atoms with Gasteiger partial charge in [0.15, 0.2) is 5.13 Å². The van der Waals surface area contributed by atoms with Gasteiger partial charge in [0.1, 0.15) is 11.6 Å². The maximum Gasteiger partial charge on any atom is 0.296 e. The third kappa shape index (κ3) is 2.86. The van der Waals surface area contributed by atoms with Crippen LogP contribution in [-0.4, -0.2) is 16.0 Å². The van der Waals surface area contributed by atoms with Crippen LogP contribution in [0.3, 0.4) is 0 Å². The Labute approximate surface area is 127 Å². The van der Waals surface area contributed by atoms with Crippen molar-refractivity contribution in [3.05, 3.63) is 52.7 Å². The predicted octanol–water partition coefficient (Wildman–Crippen LogP) is 3.64. The molecule has 0 saturated heterocycles. The molecule has 0 saturated carbocycles. The van der Waals surface area contributed by atoms with Crippen molar-refractivity contribution < 1.29 is 18.1 Å². The summed E-state index contributed by atoms with van der Waals surface area (Å²) in [5.74, 6) is -1.62. The van der Waals surface area contributed by atoms with Crippen LogP contribution in [0.2, 0.25) is 0 Å². The third-order valence-corrected chi connectivity index (χ3v) is 3.54. The Bertz CT molecular complexity index is 844. The summed E-state index contributed by atoms with van der Waals surface area (Å²) >= 11 is 1.09. The van der Waals surface area contributed by atoms with E-state index in [9.17, 15) is 13.6 Å². The Hall–Kier alpha value is -2.61. The highest BCUT2D eigenvalue weighted by molar-refractivity contribution is 7.14. The first-order valence-electron chi connectivity index (χ1n) is 6.18. The van der Waals surface area contributed by atoms with Crippen LogP contribution in [0, 0.1) is 18.6 Å². The van der Waals surface area contributed by atoms with E-state index < -0.39 is 17.5 Å². The minimum atomic E-state index is -0.588. The zero-order chi connectivity index (χ0) is 15.7. The lowest BCUT2D eigenvalue weighted by Gasteiger charge is -1.99. The van der Waals surface area contributed by atoms with Gasteiger partial charge in [0.2, 0.25) is 5.76 Å². The van der Waals surface area contributed by atoms with Crippen molar-refractivity contribution in [3.63, 3.8) is 0 Å². The molecule has 1 N–H and O–H groups in total. The molecule has 2 aromatic heterocycles. The summed E-state index contributed by atoms with van der Waals surface area (Å²) in [4.78, 5) is 16.0. The average Bonchev–Trinajstić information content (AvgIpc) is 3.11. The molecule has 112 valence electrons. The quantitative estimate of drug-likeness (QED) is 0.800. The molecule has 0 radical (unpaired) electrons. The molecule has 0 fully saturated rings. The Kier molecular flexibility index (Phi) is 3.68. The fourth-order valence-corrected chi connectivity index (χ4v) is 2.48. The van der Waals surface area contributed by atoms with E-state index in [0.29, 0.717) is 5.69 Å². The van der Waals surface area contributed by atoms with Gasteiger partial charge in [-0.15, -0.1) is 11.3 Å². The van der Waals surface area contributed by atoms with Crippen molar-refractivity contribution in [1.82, 2.24) is 10.1 Å². The number of aryl methyl sites for hydroxylation is 1. The number of halogens is 2. The first-order chi connectivity index (χ1) is 10.5. The molecule has 0 aliphatic rings. The lowest BCUT2D eigenvalue weighted by molar-refractivity contribution is 0.0988. The predicted molar refractivity (Wildman–Crippen MR) is 76.7 cm³/mol. The van der Waals surface area contributed by atoms with Crippen LogP contribution in [0.25, 0.3) is 11.3 Å². The molecule has 0 spiro atoms. The van der Waals surface area contributed by atoms with Crippen LogP contribution in [0.5, 0.6) is 0 Å². The Morgan fingerprint density at radius 2 is 2.14 bits per heavy atom. The van der Waals surface area contributed by atoms with E-state index in [1.165, 1.54) is 11.4 Å². The van der Waals surface area contributed by atoms with Gasteiger partial charge in [-0.05, 0) is 25.1 Å². The monoisotopic (exact) mass is 321 g/mol. The highest BCUT2D eigenvalue weighted by atomic mass is 32.1. The maximum atomic E-state index is 13.7. The van der Waals surface area contributed by atoms with Crippen LogP contribution in [0.4, 0.5) is 13.9 Å². The summed E-state index contributed by atoms with van der Waals surface area (Å²) in [6.07, 6.45) is 0. The summed E-state index contributed by atoms with van der Waals surface area (Å²) in [7, 11) is 0. The number of carbonyl (C=O) groups is 1. The topological polar surface area (TPSA) is 68.0 Å². The van der Waals surface area contributed by atoms with E-state index in [2.05, 4.69) is 15.5 Å². The second-order valence-electron chi connectivity index (χ2n) is 4.45. The van der Waals surface area contributed by atoms with Crippen LogP contribution in [0.1, 0.15) is 16.2 Å². The molecule has 22 heavy (non-hydrogen) atoms. The van der Waals surface area contributed by atoms with Gasteiger partial charge in [-0.25, -0.2) is 13.8 Å². The largest absolute Gasteiger partial charge is 0.351 e. The number of thiazole rings is 1. The van der Waals surface area contributed by atoms with Crippen LogP contribution < -0.4 is 5.32 Å². The van der Waals surface area contributed by atoms with Crippen molar-refractivity contribution in [2.75, 3.05) is 5.32 Å². The summed E-state index contributed by atoms with van der Waals surface area (Å²) < 4.78 is 31.7. The summed E-state index contributed by atoms with van der Waals surface area (Å²) in [6.45, 7) is 1.69. The minimum absolute atomic E-state index is 0.0345. The van der Waals surface area contributed by atoms with Gasteiger partial charge >= 0.3 is 0 Å². The lowest BCUT2D eigenvalue weighted by Crippen LogP contribution is -2.10. The van der Waals surface area contributed by atoms with Crippen LogP contribution in [0.15, 0.2) is 34.2 Å². The normalized spacial score (nSPS) is 10.7. The number of rotatable bonds is 3. The van der Waals surface area contributed by atoms with Crippen molar-refractivity contribution in [3.8, 4) is 11.3 Å². The smallest absolute Gasteiger partial charge is 0.296 e. The summed E-state index contributed by atoms with van der Waals surface area (Å²) in [5.41, 5.74) is 0.852. The van der Waals surface area contributed by atoms with Gasteiger partial charge in [-0.1, -0.05) is 5.16 Å². The molecule has 0 unspecified atom stereocenters. The van der Waals surface area contributed by atoms with Gasteiger partial charge in [0, 0.05) is 17.0 Å². The van der Waals surface area contributed by atoms with Crippen LogP contribution >= 0.6 is 11.3 Å². The minimum Gasteiger partial charge on any atom is -0.351 e. The fourth-order valence-electron chi connectivity index (χ4n) is 1.78. The number of carbonyl (C=O) groups excluding carboxylic acids is 1. The van der Waals surface area contributed by atoms with Gasteiger partial charge in [0.25, 0.3) is 5.91 Å². The SMILES string of the molecule is Cc1cc(C(=O)Nc2nc(-c3cc(F)ccc3F)cs2)on1.